The van der Waals surface area contributed by atoms with Crippen molar-refractivity contribution in [2.45, 2.75) is 70.4 Å². The third-order valence-electron chi connectivity index (χ3n) is 4.71. The summed E-state index contributed by atoms with van der Waals surface area (Å²) >= 11 is 0. The molecule has 0 heterocycles. The molecule has 2 fully saturated rings. The number of carboxylic acid groups (broad SMARTS) is 1. The maximum atomic E-state index is 12.1. The van der Waals surface area contributed by atoms with Gasteiger partial charge in [0.1, 0.15) is 6.04 Å². The average Bonchev–Trinajstić information content (AvgIpc) is 3.20. The molecule has 0 aliphatic heterocycles. The zero-order valence-electron chi connectivity index (χ0n) is 12.4. The Labute approximate surface area is 120 Å². The lowest BCUT2D eigenvalue weighted by atomic mass is 9.84. The SMILES string of the molecule is CC(C)(NC(=O)NC(C(=O)O)C1CCCCC1)C1CC1. The standard InChI is InChI=1S/C15H26N2O3/c1-15(2,11-8-9-11)17-14(20)16-12(13(18)19)10-6-4-3-5-7-10/h10-12H,3-9H2,1-2H3,(H,18,19)(H2,16,17,20). The summed E-state index contributed by atoms with van der Waals surface area (Å²) in [5, 5.41) is 15.0. The highest BCUT2D eigenvalue weighted by atomic mass is 16.4. The molecule has 5 nitrogen and oxygen atoms in total. The quantitative estimate of drug-likeness (QED) is 0.725. The number of hydrogen-bond acceptors (Lipinski definition) is 2. The van der Waals surface area contributed by atoms with Gasteiger partial charge in [0.15, 0.2) is 0 Å². The first-order chi connectivity index (χ1) is 9.40. The van der Waals surface area contributed by atoms with E-state index in [-0.39, 0.29) is 17.5 Å². The number of carboxylic acids is 1. The van der Waals surface area contributed by atoms with Crippen molar-refractivity contribution in [2.75, 3.05) is 0 Å². The Morgan fingerprint density at radius 1 is 1.10 bits per heavy atom. The van der Waals surface area contributed by atoms with Crippen LogP contribution in [0.4, 0.5) is 4.79 Å². The second-order valence-electron chi connectivity index (χ2n) is 6.81. The van der Waals surface area contributed by atoms with Crippen LogP contribution in [0.15, 0.2) is 0 Å². The zero-order valence-corrected chi connectivity index (χ0v) is 12.4. The van der Waals surface area contributed by atoms with Gasteiger partial charge in [-0.25, -0.2) is 9.59 Å². The highest BCUT2D eigenvalue weighted by Crippen LogP contribution is 2.39. The Bertz CT molecular complexity index is 371. The lowest BCUT2D eigenvalue weighted by Crippen LogP contribution is -2.55. The smallest absolute Gasteiger partial charge is 0.326 e. The van der Waals surface area contributed by atoms with Crippen molar-refractivity contribution in [2.24, 2.45) is 11.8 Å². The summed E-state index contributed by atoms with van der Waals surface area (Å²) < 4.78 is 0. The van der Waals surface area contributed by atoms with Crippen molar-refractivity contribution in [3.05, 3.63) is 0 Å². The van der Waals surface area contributed by atoms with Crippen molar-refractivity contribution in [1.29, 1.82) is 0 Å². The molecular weight excluding hydrogens is 256 g/mol. The zero-order chi connectivity index (χ0) is 14.8. The van der Waals surface area contributed by atoms with Gasteiger partial charge in [-0.1, -0.05) is 19.3 Å². The number of carbonyl (C=O) groups is 2. The molecule has 3 N–H and O–H groups in total. The van der Waals surface area contributed by atoms with Gasteiger partial charge in [-0.3, -0.25) is 0 Å². The van der Waals surface area contributed by atoms with E-state index in [1.807, 2.05) is 13.8 Å². The van der Waals surface area contributed by atoms with Gasteiger partial charge < -0.3 is 15.7 Å². The van der Waals surface area contributed by atoms with Crippen LogP contribution in [0, 0.1) is 11.8 Å². The van der Waals surface area contributed by atoms with E-state index in [2.05, 4.69) is 10.6 Å². The lowest BCUT2D eigenvalue weighted by molar-refractivity contribution is -0.141. The van der Waals surface area contributed by atoms with Crippen molar-refractivity contribution >= 4 is 12.0 Å². The first-order valence-electron chi connectivity index (χ1n) is 7.71. The summed E-state index contributed by atoms with van der Waals surface area (Å²) in [4.78, 5) is 23.5. The number of amides is 2. The van der Waals surface area contributed by atoms with Crippen LogP contribution in [0.5, 0.6) is 0 Å². The Kier molecular flexibility index (Phi) is 4.55. The predicted molar refractivity (Wildman–Crippen MR) is 76.5 cm³/mol. The topological polar surface area (TPSA) is 78.4 Å². The number of aliphatic carboxylic acids is 1. The van der Waals surface area contributed by atoms with E-state index in [9.17, 15) is 14.7 Å². The Balaban J connectivity index is 1.90. The fourth-order valence-electron chi connectivity index (χ4n) is 3.23. The van der Waals surface area contributed by atoms with E-state index >= 15 is 0 Å². The predicted octanol–water partition coefficient (Wildman–Crippen LogP) is 2.51. The summed E-state index contributed by atoms with van der Waals surface area (Å²) in [5.74, 6) is -0.335. The second-order valence-corrected chi connectivity index (χ2v) is 6.81. The van der Waals surface area contributed by atoms with Gasteiger partial charge in [0.05, 0.1) is 0 Å². The molecule has 0 aromatic rings. The average molecular weight is 282 g/mol. The van der Waals surface area contributed by atoms with Crippen molar-refractivity contribution in [3.63, 3.8) is 0 Å². The molecular formula is C15H26N2O3. The van der Waals surface area contributed by atoms with Gasteiger partial charge in [0, 0.05) is 5.54 Å². The van der Waals surface area contributed by atoms with Crippen LogP contribution in [-0.4, -0.2) is 28.7 Å². The van der Waals surface area contributed by atoms with E-state index < -0.39 is 12.0 Å². The molecule has 0 bridgehead atoms. The van der Waals surface area contributed by atoms with Crippen LogP contribution in [0.2, 0.25) is 0 Å². The molecule has 1 atom stereocenters. The van der Waals surface area contributed by atoms with Gasteiger partial charge in [0.25, 0.3) is 0 Å². The highest BCUT2D eigenvalue weighted by molar-refractivity contribution is 5.83. The maximum absolute atomic E-state index is 12.1. The van der Waals surface area contributed by atoms with Gasteiger partial charge in [-0.15, -0.1) is 0 Å². The van der Waals surface area contributed by atoms with E-state index in [1.54, 1.807) is 0 Å². The summed E-state index contributed by atoms with van der Waals surface area (Å²) in [6.07, 6.45) is 7.35. The van der Waals surface area contributed by atoms with Gasteiger partial charge in [-0.05, 0) is 51.4 Å². The molecule has 0 aromatic heterocycles. The van der Waals surface area contributed by atoms with Crippen molar-refractivity contribution in [3.8, 4) is 0 Å². The molecule has 114 valence electrons. The van der Waals surface area contributed by atoms with E-state index in [4.69, 9.17) is 0 Å². The molecule has 2 rings (SSSR count). The molecule has 20 heavy (non-hydrogen) atoms. The molecule has 0 saturated heterocycles. The summed E-state index contributed by atoms with van der Waals surface area (Å²) in [6.45, 7) is 4.00. The third-order valence-corrected chi connectivity index (χ3v) is 4.71. The first-order valence-corrected chi connectivity index (χ1v) is 7.71. The molecule has 2 aliphatic carbocycles. The third kappa shape index (κ3) is 3.87. The number of rotatable bonds is 5. The minimum Gasteiger partial charge on any atom is -0.480 e. The monoisotopic (exact) mass is 282 g/mol. The van der Waals surface area contributed by atoms with E-state index in [1.165, 1.54) is 6.42 Å². The Morgan fingerprint density at radius 3 is 2.20 bits per heavy atom. The minimum atomic E-state index is -0.920. The molecule has 2 saturated carbocycles. The molecule has 0 spiro atoms. The molecule has 0 aromatic carbocycles. The fourth-order valence-corrected chi connectivity index (χ4v) is 3.23. The van der Waals surface area contributed by atoms with E-state index in [0.29, 0.717) is 5.92 Å². The molecule has 1 unspecified atom stereocenters. The van der Waals surface area contributed by atoms with Crippen LogP contribution in [0.1, 0.15) is 58.8 Å². The minimum absolute atomic E-state index is 0.0658. The first kappa shape index (κ1) is 15.1. The summed E-state index contributed by atoms with van der Waals surface area (Å²) in [6, 6.07) is -1.11. The summed E-state index contributed by atoms with van der Waals surface area (Å²) in [5.41, 5.74) is -0.250. The number of carbonyl (C=O) groups excluding carboxylic acids is 1. The fraction of sp³-hybridized carbons (Fsp3) is 0.867. The highest BCUT2D eigenvalue weighted by Gasteiger charge is 2.39. The number of urea groups is 1. The number of nitrogens with one attached hydrogen (secondary N) is 2. The normalized spacial score (nSPS) is 22.1. The maximum Gasteiger partial charge on any atom is 0.326 e. The largest absolute Gasteiger partial charge is 0.480 e. The van der Waals surface area contributed by atoms with Crippen LogP contribution in [0.3, 0.4) is 0 Å². The van der Waals surface area contributed by atoms with Crippen LogP contribution < -0.4 is 10.6 Å². The van der Waals surface area contributed by atoms with Gasteiger partial charge in [-0.2, -0.15) is 0 Å². The van der Waals surface area contributed by atoms with Crippen LogP contribution in [-0.2, 0) is 4.79 Å². The Hall–Kier alpha value is -1.26. The number of hydrogen-bond donors (Lipinski definition) is 3. The molecule has 2 amide bonds. The van der Waals surface area contributed by atoms with Crippen LogP contribution >= 0.6 is 0 Å². The summed E-state index contributed by atoms with van der Waals surface area (Å²) in [7, 11) is 0. The van der Waals surface area contributed by atoms with Crippen molar-refractivity contribution in [1.82, 2.24) is 10.6 Å². The molecule has 5 heteroatoms. The lowest BCUT2D eigenvalue weighted by Gasteiger charge is -2.31. The van der Waals surface area contributed by atoms with Crippen molar-refractivity contribution < 1.29 is 14.7 Å². The van der Waals surface area contributed by atoms with E-state index in [0.717, 1.165) is 38.5 Å². The second kappa shape index (κ2) is 6.02. The van der Waals surface area contributed by atoms with Crippen LogP contribution in [0.25, 0.3) is 0 Å². The van der Waals surface area contributed by atoms with Gasteiger partial charge >= 0.3 is 12.0 Å². The Morgan fingerprint density at radius 2 is 1.70 bits per heavy atom. The molecule has 2 aliphatic rings. The molecule has 0 radical (unpaired) electrons. The van der Waals surface area contributed by atoms with Gasteiger partial charge in [0.2, 0.25) is 0 Å².